The Balaban J connectivity index is 1.35. The van der Waals surface area contributed by atoms with Gasteiger partial charge in [0.05, 0.1) is 18.5 Å². The molecular weight excluding hydrogens is 314 g/mol. The molecule has 2 fully saturated rings. The van der Waals surface area contributed by atoms with Gasteiger partial charge < -0.3 is 14.6 Å². The van der Waals surface area contributed by atoms with Crippen LogP contribution in [0.4, 0.5) is 0 Å². The van der Waals surface area contributed by atoms with Crippen LogP contribution in [0, 0.1) is 5.92 Å². The number of hydrogen-bond acceptors (Lipinski definition) is 3. The summed E-state index contributed by atoms with van der Waals surface area (Å²) in [5, 5.41) is 3.03. The second kappa shape index (κ2) is 7.40. The highest BCUT2D eigenvalue weighted by molar-refractivity contribution is 5.78. The summed E-state index contributed by atoms with van der Waals surface area (Å²) in [7, 11) is 0. The summed E-state index contributed by atoms with van der Waals surface area (Å²) in [5.41, 5.74) is 2.45. The Kier molecular flexibility index (Phi) is 4.83. The van der Waals surface area contributed by atoms with E-state index in [-0.39, 0.29) is 18.1 Å². The molecule has 3 heterocycles. The van der Waals surface area contributed by atoms with Crippen molar-refractivity contribution < 1.29 is 9.53 Å². The molecule has 3 atom stereocenters. The second-order valence-electron chi connectivity index (χ2n) is 7.16. The van der Waals surface area contributed by atoms with Crippen molar-refractivity contribution in [3.8, 4) is 0 Å². The zero-order valence-corrected chi connectivity index (χ0v) is 14.4. The number of carbonyl (C=O) groups is 1. The predicted octanol–water partition coefficient (Wildman–Crippen LogP) is 3.39. The summed E-state index contributed by atoms with van der Waals surface area (Å²) in [4.78, 5) is 15.5. The SMILES string of the molecule is O=C1CCC(c2ccc(C3CC(CCn4ccnc4)CCO3)cc2)N1. The van der Waals surface area contributed by atoms with E-state index in [9.17, 15) is 4.79 Å². The van der Waals surface area contributed by atoms with Crippen LogP contribution in [-0.2, 0) is 16.1 Å². The summed E-state index contributed by atoms with van der Waals surface area (Å²) in [6.07, 6.45) is 10.9. The van der Waals surface area contributed by atoms with Crippen LogP contribution in [0.1, 0.15) is 55.4 Å². The predicted molar refractivity (Wildman–Crippen MR) is 94.8 cm³/mol. The van der Waals surface area contributed by atoms with Crippen LogP contribution in [0.15, 0.2) is 43.0 Å². The van der Waals surface area contributed by atoms with Gasteiger partial charge in [0, 0.05) is 32.0 Å². The van der Waals surface area contributed by atoms with Gasteiger partial charge in [-0.3, -0.25) is 4.79 Å². The Morgan fingerprint density at radius 1 is 1.20 bits per heavy atom. The fraction of sp³-hybridized carbons (Fsp3) is 0.500. The van der Waals surface area contributed by atoms with Gasteiger partial charge in [0.15, 0.2) is 0 Å². The highest BCUT2D eigenvalue weighted by Crippen LogP contribution is 2.34. The van der Waals surface area contributed by atoms with Crippen molar-refractivity contribution >= 4 is 5.91 Å². The lowest BCUT2D eigenvalue weighted by Crippen LogP contribution is -2.21. The molecule has 0 saturated carbocycles. The number of aromatic nitrogens is 2. The third kappa shape index (κ3) is 3.93. The molecule has 132 valence electrons. The number of nitrogens with one attached hydrogen (secondary N) is 1. The largest absolute Gasteiger partial charge is 0.374 e. The molecule has 0 bridgehead atoms. The van der Waals surface area contributed by atoms with E-state index in [1.54, 1.807) is 0 Å². The van der Waals surface area contributed by atoms with E-state index < -0.39 is 0 Å². The van der Waals surface area contributed by atoms with E-state index >= 15 is 0 Å². The average Bonchev–Trinajstić information content (AvgIpc) is 3.32. The van der Waals surface area contributed by atoms with Crippen molar-refractivity contribution in [3.05, 3.63) is 54.1 Å². The number of nitrogens with zero attached hydrogens (tertiary/aromatic N) is 2. The molecule has 0 spiro atoms. The summed E-state index contributed by atoms with van der Waals surface area (Å²) in [6, 6.07) is 8.80. The Hall–Kier alpha value is -2.14. The van der Waals surface area contributed by atoms with E-state index in [1.165, 1.54) is 17.5 Å². The number of imidazole rings is 1. The summed E-state index contributed by atoms with van der Waals surface area (Å²) in [5.74, 6) is 0.848. The molecule has 2 saturated heterocycles. The van der Waals surface area contributed by atoms with Gasteiger partial charge in [-0.25, -0.2) is 4.98 Å². The number of amides is 1. The number of ether oxygens (including phenoxy) is 1. The van der Waals surface area contributed by atoms with E-state index in [2.05, 4.69) is 39.1 Å². The van der Waals surface area contributed by atoms with Crippen LogP contribution in [-0.4, -0.2) is 22.1 Å². The molecule has 5 heteroatoms. The fourth-order valence-electron chi connectivity index (χ4n) is 3.92. The number of rotatable bonds is 5. The Labute approximate surface area is 148 Å². The topological polar surface area (TPSA) is 56.2 Å². The smallest absolute Gasteiger partial charge is 0.220 e. The van der Waals surface area contributed by atoms with Gasteiger partial charge in [0.25, 0.3) is 0 Å². The van der Waals surface area contributed by atoms with Crippen LogP contribution in [0.2, 0.25) is 0 Å². The summed E-state index contributed by atoms with van der Waals surface area (Å²) in [6.45, 7) is 1.86. The first-order valence-corrected chi connectivity index (χ1v) is 9.24. The van der Waals surface area contributed by atoms with Crippen LogP contribution < -0.4 is 5.32 Å². The molecule has 4 rings (SSSR count). The minimum absolute atomic E-state index is 0.158. The van der Waals surface area contributed by atoms with Crippen LogP contribution in [0.5, 0.6) is 0 Å². The minimum Gasteiger partial charge on any atom is -0.374 e. The third-order valence-electron chi connectivity index (χ3n) is 5.45. The van der Waals surface area contributed by atoms with Crippen molar-refractivity contribution in [1.82, 2.24) is 14.9 Å². The van der Waals surface area contributed by atoms with E-state index in [0.717, 1.165) is 32.4 Å². The van der Waals surface area contributed by atoms with Crippen LogP contribution in [0.3, 0.4) is 0 Å². The molecule has 25 heavy (non-hydrogen) atoms. The molecule has 0 radical (unpaired) electrons. The van der Waals surface area contributed by atoms with Gasteiger partial charge in [0.2, 0.25) is 5.91 Å². The van der Waals surface area contributed by atoms with Crippen molar-refractivity contribution in [1.29, 1.82) is 0 Å². The van der Waals surface area contributed by atoms with Crippen molar-refractivity contribution in [2.75, 3.05) is 6.61 Å². The third-order valence-corrected chi connectivity index (χ3v) is 5.45. The highest BCUT2D eigenvalue weighted by atomic mass is 16.5. The van der Waals surface area contributed by atoms with Crippen molar-refractivity contribution in [2.24, 2.45) is 5.92 Å². The minimum atomic E-state index is 0.158. The zero-order valence-electron chi connectivity index (χ0n) is 14.4. The van der Waals surface area contributed by atoms with Gasteiger partial charge in [-0.15, -0.1) is 0 Å². The maximum absolute atomic E-state index is 11.4. The number of carbonyl (C=O) groups excluding carboxylic acids is 1. The Morgan fingerprint density at radius 2 is 2.04 bits per heavy atom. The van der Waals surface area contributed by atoms with Crippen molar-refractivity contribution in [2.45, 2.75) is 50.8 Å². The molecule has 1 aromatic carbocycles. The average molecular weight is 339 g/mol. The maximum Gasteiger partial charge on any atom is 0.220 e. The lowest BCUT2D eigenvalue weighted by molar-refractivity contribution is -0.119. The standard InChI is InChI=1S/C20H25N3O2/c24-20-6-5-18(22-20)16-1-3-17(4-2-16)19-13-15(8-12-25-19)7-10-23-11-9-21-14-23/h1-4,9,11,14-15,18-19H,5-8,10,12-13H2,(H,22,24). The number of hydrogen-bond donors (Lipinski definition) is 1. The first-order chi connectivity index (χ1) is 12.3. The molecule has 1 N–H and O–H groups in total. The highest BCUT2D eigenvalue weighted by Gasteiger charge is 2.25. The number of benzene rings is 1. The molecule has 1 aromatic heterocycles. The molecule has 2 aromatic rings. The van der Waals surface area contributed by atoms with Crippen LogP contribution in [0.25, 0.3) is 0 Å². The Bertz CT molecular complexity index is 696. The normalized spacial score (nSPS) is 26.6. The first-order valence-electron chi connectivity index (χ1n) is 9.24. The van der Waals surface area contributed by atoms with E-state index in [4.69, 9.17) is 4.74 Å². The van der Waals surface area contributed by atoms with Gasteiger partial charge in [-0.05, 0) is 42.7 Å². The molecule has 0 aliphatic carbocycles. The maximum atomic E-state index is 11.4. The zero-order chi connectivity index (χ0) is 17.1. The van der Waals surface area contributed by atoms with Crippen molar-refractivity contribution in [3.63, 3.8) is 0 Å². The molecule has 3 unspecified atom stereocenters. The molecular formula is C20H25N3O2. The Morgan fingerprint density at radius 3 is 2.76 bits per heavy atom. The molecule has 2 aliphatic rings. The van der Waals surface area contributed by atoms with Gasteiger partial charge in [-0.1, -0.05) is 24.3 Å². The molecule has 2 aliphatic heterocycles. The number of aryl methyl sites for hydroxylation is 1. The molecule has 5 nitrogen and oxygen atoms in total. The van der Waals surface area contributed by atoms with Gasteiger partial charge in [0.1, 0.15) is 0 Å². The van der Waals surface area contributed by atoms with Crippen LogP contribution >= 0.6 is 0 Å². The second-order valence-corrected chi connectivity index (χ2v) is 7.16. The van der Waals surface area contributed by atoms with Gasteiger partial charge in [-0.2, -0.15) is 0 Å². The van der Waals surface area contributed by atoms with E-state index in [0.29, 0.717) is 12.3 Å². The monoisotopic (exact) mass is 339 g/mol. The summed E-state index contributed by atoms with van der Waals surface area (Å²) >= 11 is 0. The summed E-state index contributed by atoms with van der Waals surface area (Å²) < 4.78 is 8.17. The lowest BCUT2D eigenvalue weighted by atomic mass is 9.89. The fourth-order valence-corrected chi connectivity index (χ4v) is 3.92. The first kappa shape index (κ1) is 16.3. The van der Waals surface area contributed by atoms with E-state index in [1.807, 2.05) is 18.7 Å². The quantitative estimate of drug-likeness (QED) is 0.908. The molecule has 1 amide bonds. The van der Waals surface area contributed by atoms with Gasteiger partial charge >= 0.3 is 0 Å². The lowest BCUT2D eigenvalue weighted by Gasteiger charge is -2.30.